The summed E-state index contributed by atoms with van der Waals surface area (Å²) in [5, 5.41) is 10.8. The molecule has 0 aliphatic heterocycles. The number of thioether (sulfide) groups is 1. The molecule has 0 heterocycles. The molecule has 1 aromatic rings. The number of benzene rings is 1. The van der Waals surface area contributed by atoms with E-state index in [1.807, 2.05) is 0 Å². The molecule has 0 saturated heterocycles. The first-order chi connectivity index (χ1) is 8.70. The molecule has 0 amide bonds. The van der Waals surface area contributed by atoms with Crippen LogP contribution in [0.3, 0.4) is 0 Å². The zero-order valence-corrected chi connectivity index (χ0v) is 11.4. The van der Waals surface area contributed by atoms with Gasteiger partial charge in [-0.1, -0.05) is 12.8 Å². The minimum Gasteiger partial charge on any atom is -0.496 e. The van der Waals surface area contributed by atoms with E-state index >= 15 is 0 Å². The van der Waals surface area contributed by atoms with Crippen molar-refractivity contribution in [3.05, 3.63) is 29.6 Å². The minimum absolute atomic E-state index is 0.337. The first-order valence-corrected chi connectivity index (χ1v) is 7.38. The molecule has 1 aromatic carbocycles. The van der Waals surface area contributed by atoms with E-state index in [1.165, 1.54) is 44.9 Å². The Balaban J connectivity index is 1.98. The quantitative estimate of drug-likeness (QED) is 0.887. The normalized spacial score (nSPS) is 17.9. The highest BCUT2D eigenvalue weighted by Gasteiger charge is 2.19. The van der Waals surface area contributed by atoms with Crippen LogP contribution in [-0.2, 0) is 0 Å². The van der Waals surface area contributed by atoms with E-state index in [1.54, 1.807) is 17.8 Å². The van der Waals surface area contributed by atoms with Crippen molar-refractivity contribution in [3.63, 3.8) is 0 Å². The fraction of sp³-hybridized carbons (Fsp3) is 0.571. The van der Waals surface area contributed by atoms with E-state index in [0.29, 0.717) is 22.3 Å². The van der Waals surface area contributed by atoms with Crippen molar-refractivity contribution in [1.82, 2.24) is 0 Å². The van der Waals surface area contributed by atoms with Gasteiger partial charge in [-0.2, -0.15) is 11.8 Å². The Bertz CT molecular complexity index is 391. The maximum absolute atomic E-state index is 13.2. The van der Waals surface area contributed by atoms with Crippen LogP contribution >= 0.6 is 11.8 Å². The van der Waals surface area contributed by atoms with Gasteiger partial charge in [0.05, 0.1) is 13.2 Å². The van der Waals surface area contributed by atoms with Gasteiger partial charge < -0.3 is 9.84 Å². The summed E-state index contributed by atoms with van der Waals surface area (Å²) in [6.45, 7) is 0. The van der Waals surface area contributed by atoms with Gasteiger partial charge in [0.2, 0.25) is 0 Å². The van der Waals surface area contributed by atoms with Gasteiger partial charge in [-0.05, 0) is 31.0 Å². The van der Waals surface area contributed by atoms with E-state index in [4.69, 9.17) is 4.74 Å². The van der Waals surface area contributed by atoms with Crippen LogP contribution in [0.4, 0.5) is 4.39 Å². The molecule has 0 bridgehead atoms. The lowest BCUT2D eigenvalue weighted by molar-refractivity contribution is 0.198. The lowest BCUT2D eigenvalue weighted by atomic mass is 10.1. The Hall–Kier alpha value is -0.740. The van der Waals surface area contributed by atoms with Gasteiger partial charge in [0.1, 0.15) is 11.6 Å². The second-order valence-electron chi connectivity index (χ2n) is 4.64. The van der Waals surface area contributed by atoms with E-state index in [0.717, 1.165) is 0 Å². The summed E-state index contributed by atoms with van der Waals surface area (Å²) in [5.41, 5.74) is 0.544. The van der Waals surface area contributed by atoms with Crippen molar-refractivity contribution in [3.8, 4) is 5.75 Å². The Labute approximate surface area is 112 Å². The number of aliphatic hydroxyl groups is 1. The van der Waals surface area contributed by atoms with E-state index in [9.17, 15) is 9.50 Å². The van der Waals surface area contributed by atoms with Crippen LogP contribution in [0, 0.1) is 5.82 Å². The SMILES string of the molecule is COc1ccc(F)cc1C(O)CSC1CCCC1. The number of ether oxygens (including phenoxy) is 1. The third kappa shape index (κ3) is 3.39. The molecule has 2 rings (SSSR count). The molecule has 18 heavy (non-hydrogen) atoms. The van der Waals surface area contributed by atoms with Crippen molar-refractivity contribution in [2.24, 2.45) is 0 Å². The summed E-state index contributed by atoms with van der Waals surface area (Å²) in [7, 11) is 1.54. The molecule has 100 valence electrons. The van der Waals surface area contributed by atoms with Gasteiger partial charge in [0.15, 0.2) is 0 Å². The molecule has 2 nitrogen and oxygen atoms in total. The van der Waals surface area contributed by atoms with Crippen LogP contribution in [0.2, 0.25) is 0 Å². The highest BCUT2D eigenvalue weighted by Crippen LogP contribution is 2.34. The average Bonchev–Trinajstić information content (AvgIpc) is 2.89. The topological polar surface area (TPSA) is 29.5 Å². The fourth-order valence-electron chi connectivity index (χ4n) is 2.34. The Morgan fingerprint density at radius 3 is 2.83 bits per heavy atom. The molecule has 0 aromatic heterocycles. The molecule has 1 aliphatic carbocycles. The minimum atomic E-state index is -0.666. The number of hydrogen-bond donors (Lipinski definition) is 1. The summed E-state index contributed by atoms with van der Waals surface area (Å²) >= 11 is 1.78. The maximum Gasteiger partial charge on any atom is 0.124 e. The Morgan fingerprint density at radius 1 is 1.44 bits per heavy atom. The van der Waals surface area contributed by atoms with Crippen molar-refractivity contribution >= 4 is 11.8 Å². The van der Waals surface area contributed by atoms with Crippen LogP contribution < -0.4 is 4.74 Å². The first kappa shape index (κ1) is 13.7. The molecule has 4 heteroatoms. The van der Waals surface area contributed by atoms with Gasteiger partial charge in [-0.25, -0.2) is 4.39 Å². The first-order valence-electron chi connectivity index (χ1n) is 6.34. The van der Waals surface area contributed by atoms with E-state index < -0.39 is 6.10 Å². The highest BCUT2D eigenvalue weighted by atomic mass is 32.2. The number of methoxy groups -OCH3 is 1. The lowest BCUT2D eigenvalue weighted by Gasteiger charge is -2.16. The third-order valence-electron chi connectivity index (χ3n) is 3.34. The molecule has 1 N–H and O–H groups in total. The lowest BCUT2D eigenvalue weighted by Crippen LogP contribution is -2.07. The van der Waals surface area contributed by atoms with Gasteiger partial charge in [0, 0.05) is 16.6 Å². The molecule has 1 aliphatic rings. The fourth-order valence-corrected chi connectivity index (χ4v) is 3.64. The van der Waals surface area contributed by atoms with Crippen LogP contribution in [-0.4, -0.2) is 23.2 Å². The van der Waals surface area contributed by atoms with Gasteiger partial charge >= 0.3 is 0 Å². The summed E-state index contributed by atoms with van der Waals surface area (Å²) in [5.74, 6) is 0.816. The molecule has 0 radical (unpaired) electrons. The standard InChI is InChI=1S/C14H19FO2S/c1-17-14-7-6-10(15)8-12(14)13(16)9-18-11-4-2-3-5-11/h6-8,11,13,16H,2-5,9H2,1H3. The number of hydrogen-bond acceptors (Lipinski definition) is 3. The Morgan fingerprint density at radius 2 is 2.17 bits per heavy atom. The summed E-state index contributed by atoms with van der Waals surface area (Å²) < 4.78 is 18.4. The molecule has 1 fully saturated rings. The maximum atomic E-state index is 13.2. The summed E-state index contributed by atoms with van der Waals surface area (Å²) in [6.07, 6.45) is 4.38. The second kappa shape index (κ2) is 6.43. The molecule has 0 spiro atoms. The average molecular weight is 270 g/mol. The highest BCUT2D eigenvalue weighted by molar-refractivity contribution is 7.99. The van der Waals surface area contributed by atoms with Crippen LogP contribution in [0.25, 0.3) is 0 Å². The predicted octanol–water partition coefficient (Wildman–Crippen LogP) is 3.54. The zero-order chi connectivity index (χ0) is 13.0. The van der Waals surface area contributed by atoms with Crippen molar-refractivity contribution in [2.75, 3.05) is 12.9 Å². The molecular weight excluding hydrogens is 251 g/mol. The van der Waals surface area contributed by atoms with Crippen LogP contribution in [0.15, 0.2) is 18.2 Å². The molecule has 1 atom stereocenters. The van der Waals surface area contributed by atoms with Crippen molar-refractivity contribution < 1.29 is 14.2 Å². The molecule has 1 unspecified atom stereocenters. The van der Waals surface area contributed by atoms with Crippen LogP contribution in [0.5, 0.6) is 5.75 Å². The number of halogens is 1. The third-order valence-corrected chi connectivity index (χ3v) is 4.79. The van der Waals surface area contributed by atoms with Crippen molar-refractivity contribution in [1.29, 1.82) is 0 Å². The molecule has 1 saturated carbocycles. The van der Waals surface area contributed by atoms with Crippen molar-refractivity contribution in [2.45, 2.75) is 37.0 Å². The van der Waals surface area contributed by atoms with Gasteiger partial charge in [-0.3, -0.25) is 0 Å². The largest absolute Gasteiger partial charge is 0.496 e. The van der Waals surface area contributed by atoms with Gasteiger partial charge in [0.25, 0.3) is 0 Å². The predicted molar refractivity (Wildman–Crippen MR) is 72.6 cm³/mol. The second-order valence-corrected chi connectivity index (χ2v) is 5.98. The smallest absolute Gasteiger partial charge is 0.124 e. The van der Waals surface area contributed by atoms with E-state index in [-0.39, 0.29) is 5.82 Å². The molecular formula is C14H19FO2S. The Kier molecular flexibility index (Phi) is 4.89. The monoisotopic (exact) mass is 270 g/mol. The zero-order valence-electron chi connectivity index (χ0n) is 10.6. The summed E-state index contributed by atoms with van der Waals surface area (Å²) in [4.78, 5) is 0. The number of rotatable bonds is 5. The van der Waals surface area contributed by atoms with Gasteiger partial charge in [-0.15, -0.1) is 0 Å². The summed E-state index contributed by atoms with van der Waals surface area (Å²) in [6, 6.07) is 4.27. The van der Waals surface area contributed by atoms with E-state index in [2.05, 4.69) is 0 Å². The number of aliphatic hydroxyl groups excluding tert-OH is 1. The van der Waals surface area contributed by atoms with Crippen LogP contribution in [0.1, 0.15) is 37.4 Å².